The maximum absolute atomic E-state index is 12.5. The Kier molecular flexibility index (Phi) is 6.49. The van der Waals surface area contributed by atoms with E-state index in [-0.39, 0.29) is 29.5 Å². The monoisotopic (exact) mass is 465 g/mol. The number of carboxylic acid groups (broad SMARTS) is 1. The zero-order chi connectivity index (χ0) is 24.4. The second kappa shape index (κ2) is 9.50. The quantitative estimate of drug-likeness (QED) is 0.379. The highest BCUT2D eigenvalue weighted by Gasteiger charge is 2.29. The minimum atomic E-state index is -1.12. The molecule has 1 fully saturated rings. The Morgan fingerprint density at radius 2 is 1.82 bits per heavy atom. The average molecular weight is 466 g/mol. The summed E-state index contributed by atoms with van der Waals surface area (Å²) in [5.41, 5.74) is 2.29. The van der Waals surface area contributed by atoms with Crippen molar-refractivity contribution in [3.05, 3.63) is 48.0 Å². The smallest absolute Gasteiger partial charge is 0.326 e. The SMILES string of the molecule is CC(C)C(NC(=O)c1cnc(-c2cccc(-c3cc(C(=O)NC(C)C4CC4)[nH]n3)c2)o1)C(=O)O. The van der Waals surface area contributed by atoms with Crippen LogP contribution in [0.2, 0.25) is 0 Å². The van der Waals surface area contributed by atoms with Gasteiger partial charge in [0.2, 0.25) is 11.7 Å². The number of carbonyl (C=O) groups is 3. The summed E-state index contributed by atoms with van der Waals surface area (Å²) >= 11 is 0. The molecule has 178 valence electrons. The number of oxazole rings is 1. The van der Waals surface area contributed by atoms with Gasteiger partial charge in [-0.25, -0.2) is 9.78 Å². The summed E-state index contributed by atoms with van der Waals surface area (Å²) in [4.78, 5) is 40.4. The molecule has 2 aromatic heterocycles. The summed E-state index contributed by atoms with van der Waals surface area (Å²) < 4.78 is 5.59. The molecule has 2 heterocycles. The Bertz CT molecular complexity index is 1210. The first kappa shape index (κ1) is 23.2. The number of aromatic amines is 1. The number of H-pyrrole nitrogens is 1. The largest absolute Gasteiger partial charge is 0.480 e. The fraction of sp³-hybridized carbons (Fsp3) is 0.375. The number of carbonyl (C=O) groups excluding carboxylic acids is 2. The molecule has 0 aliphatic heterocycles. The Morgan fingerprint density at radius 1 is 1.09 bits per heavy atom. The van der Waals surface area contributed by atoms with Gasteiger partial charge in [0.1, 0.15) is 11.7 Å². The van der Waals surface area contributed by atoms with Crippen LogP contribution in [0.5, 0.6) is 0 Å². The lowest BCUT2D eigenvalue weighted by molar-refractivity contribution is -0.140. The Hall–Kier alpha value is -3.95. The van der Waals surface area contributed by atoms with Gasteiger partial charge in [0.05, 0.1) is 11.9 Å². The number of hydrogen-bond acceptors (Lipinski definition) is 6. The number of nitrogens with one attached hydrogen (secondary N) is 3. The highest BCUT2D eigenvalue weighted by atomic mass is 16.4. The second-order valence-electron chi connectivity index (χ2n) is 8.91. The number of aromatic nitrogens is 3. The molecule has 4 N–H and O–H groups in total. The molecular formula is C24H27N5O5. The maximum atomic E-state index is 12.5. The van der Waals surface area contributed by atoms with Crippen LogP contribution in [0.3, 0.4) is 0 Å². The van der Waals surface area contributed by atoms with Crippen LogP contribution in [0.1, 0.15) is 54.7 Å². The standard InChI is InChI=1S/C24H27N5O5/c1-12(2)20(24(32)33)27-22(31)19-11-25-23(34-19)16-6-4-5-15(9-16)17-10-18(29-28-17)21(30)26-13(3)14-7-8-14/h4-6,9-14,20H,7-8H2,1-3H3,(H,26,30)(H,27,31)(H,28,29)(H,32,33). The summed E-state index contributed by atoms with van der Waals surface area (Å²) in [6.07, 6.45) is 3.55. The molecule has 10 nitrogen and oxygen atoms in total. The van der Waals surface area contributed by atoms with Gasteiger partial charge in [-0.05, 0) is 49.8 Å². The van der Waals surface area contributed by atoms with Crippen molar-refractivity contribution < 1.29 is 23.9 Å². The van der Waals surface area contributed by atoms with E-state index >= 15 is 0 Å². The Balaban J connectivity index is 1.48. The summed E-state index contributed by atoms with van der Waals surface area (Å²) in [7, 11) is 0. The normalized spacial score (nSPS) is 15.1. The molecule has 1 saturated carbocycles. The molecule has 1 aliphatic carbocycles. The molecule has 0 saturated heterocycles. The minimum Gasteiger partial charge on any atom is -0.480 e. The first-order chi connectivity index (χ1) is 16.2. The fourth-order valence-corrected chi connectivity index (χ4v) is 3.63. The molecule has 34 heavy (non-hydrogen) atoms. The van der Waals surface area contributed by atoms with Crippen LogP contribution >= 0.6 is 0 Å². The summed E-state index contributed by atoms with van der Waals surface area (Å²) in [5.74, 6) is -1.59. The van der Waals surface area contributed by atoms with Crippen molar-refractivity contribution in [3.8, 4) is 22.7 Å². The van der Waals surface area contributed by atoms with Crippen LogP contribution in [0.25, 0.3) is 22.7 Å². The zero-order valence-corrected chi connectivity index (χ0v) is 19.2. The molecule has 1 aromatic carbocycles. The van der Waals surface area contributed by atoms with E-state index in [2.05, 4.69) is 25.8 Å². The van der Waals surface area contributed by atoms with Gasteiger partial charge in [-0.1, -0.05) is 26.0 Å². The number of amides is 2. The number of hydrogen-bond donors (Lipinski definition) is 4. The van der Waals surface area contributed by atoms with Crippen molar-refractivity contribution in [1.82, 2.24) is 25.8 Å². The van der Waals surface area contributed by atoms with Crippen molar-refractivity contribution in [2.75, 3.05) is 0 Å². The molecule has 0 radical (unpaired) electrons. The van der Waals surface area contributed by atoms with Crippen LogP contribution in [0, 0.1) is 11.8 Å². The molecule has 2 unspecified atom stereocenters. The van der Waals surface area contributed by atoms with Crippen LogP contribution in [0.4, 0.5) is 0 Å². The van der Waals surface area contributed by atoms with Gasteiger partial charge >= 0.3 is 5.97 Å². The Labute approximate surface area is 196 Å². The molecule has 1 aliphatic rings. The van der Waals surface area contributed by atoms with Crippen LogP contribution in [0.15, 0.2) is 40.9 Å². The second-order valence-corrected chi connectivity index (χ2v) is 8.91. The Morgan fingerprint density at radius 3 is 2.50 bits per heavy atom. The zero-order valence-electron chi connectivity index (χ0n) is 19.2. The number of benzene rings is 1. The molecule has 10 heteroatoms. The number of nitrogens with zero attached hydrogens (tertiary/aromatic N) is 2. The molecule has 0 spiro atoms. The third-order valence-corrected chi connectivity index (χ3v) is 5.86. The number of carboxylic acids is 1. The topological polar surface area (TPSA) is 150 Å². The van der Waals surface area contributed by atoms with Gasteiger partial charge in [-0.2, -0.15) is 5.10 Å². The van der Waals surface area contributed by atoms with E-state index in [0.717, 1.165) is 18.4 Å². The van der Waals surface area contributed by atoms with Gasteiger partial charge < -0.3 is 20.2 Å². The van der Waals surface area contributed by atoms with Gasteiger partial charge in [0.15, 0.2) is 0 Å². The first-order valence-electron chi connectivity index (χ1n) is 11.2. The van der Waals surface area contributed by atoms with E-state index in [0.29, 0.717) is 22.9 Å². The molecule has 0 bridgehead atoms. The molecular weight excluding hydrogens is 438 g/mol. The van der Waals surface area contributed by atoms with Gasteiger partial charge in [0.25, 0.3) is 11.8 Å². The van der Waals surface area contributed by atoms with E-state index in [9.17, 15) is 19.5 Å². The van der Waals surface area contributed by atoms with Crippen molar-refractivity contribution in [3.63, 3.8) is 0 Å². The van der Waals surface area contributed by atoms with Crippen LogP contribution in [-0.2, 0) is 4.79 Å². The lowest BCUT2D eigenvalue weighted by atomic mass is 10.0. The van der Waals surface area contributed by atoms with Crippen LogP contribution < -0.4 is 10.6 Å². The van der Waals surface area contributed by atoms with Crippen molar-refractivity contribution in [2.45, 2.75) is 45.7 Å². The molecule has 3 aromatic rings. The summed E-state index contributed by atoms with van der Waals surface area (Å²) in [6, 6.07) is 7.95. The summed E-state index contributed by atoms with van der Waals surface area (Å²) in [5, 5.41) is 21.7. The van der Waals surface area contributed by atoms with Gasteiger partial charge in [-0.3, -0.25) is 14.7 Å². The predicted molar refractivity (Wildman–Crippen MR) is 123 cm³/mol. The van der Waals surface area contributed by atoms with Crippen molar-refractivity contribution in [1.29, 1.82) is 0 Å². The minimum absolute atomic E-state index is 0.0872. The lowest BCUT2D eigenvalue weighted by Crippen LogP contribution is -2.44. The fourth-order valence-electron chi connectivity index (χ4n) is 3.63. The molecule has 2 atom stereocenters. The van der Waals surface area contributed by atoms with E-state index in [1.54, 1.807) is 38.1 Å². The van der Waals surface area contributed by atoms with Crippen LogP contribution in [-0.4, -0.2) is 50.2 Å². The number of aliphatic carboxylic acids is 1. The first-order valence-corrected chi connectivity index (χ1v) is 11.2. The third-order valence-electron chi connectivity index (χ3n) is 5.86. The highest BCUT2D eigenvalue weighted by Crippen LogP contribution is 2.32. The van der Waals surface area contributed by atoms with Crippen molar-refractivity contribution >= 4 is 17.8 Å². The maximum Gasteiger partial charge on any atom is 0.326 e. The van der Waals surface area contributed by atoms with E-state index in [4.69, 9.17) is 4.42 Å². The highest BCUT2D eigenvalue weighted by molar-refractivity contribution is 5.95. The lowest BCUT2D eigenvalue weighted by Gasteiger charge is -2.16. The predicted octanol–water partition coefficient (Wildman–Crippen LogP) is 3.10. The third kappa shape index (κ3) is 5.16. The van der Waals surface area contributed by atoms with E-state index in [1.165, 1.54) is 6.20 Å². The van der Waals surface area contributed by atoms with E-state index < -0.39 is 17.9 Å². The van der Waals surface area contributed by atoms with Gasteiger partial charge in [0, 0.05) is 17.2 Å². The van der Waals surface area contributed by atoms with Gasteiger partial charge in [-0.15, -0.1) is 0 Å². The summed E-state index contributed by atoms with van der Waals surface area (Å²) in [6.45, 7) is 5.41. The number of rotatable bonds is 9. The van der Waals surface area contributed by atoms with Crippen molar-refractivity contribution in [2.24, 2.45) is 11.8 Å². The van der Waals surface area contributed by atoms with E-state index in [1.807, 2.05) is 13.0 Å². The average Bonchev–Trinajstić information content (AvgIpc) is 3.33. The molecule has 4 rings (SSSR count). The molecule has 2 amide bonds.